The lowest BCUT2D eigenvalue weighted by Gasteiger charge is -2.02. The van der Waals surface area contributed by atoms with Gasteiger partial charge < -0.3 is 0 Å². The maximum absolute atomic E-state index is 11.2. The number of ketones is 1. The van der Waals surface area contributed by atoms with Crippen LogP contribution in [0.3, 0.4) is 0 Å². The largest absolute Gasteiger partial charge is 0.295 e. The van der Waals surface area contributed by atoms with E-state index >= 15 is 0 Å². The Morgan fingerprint density at radius 2 is 1.62 bits per heavy atom. The van der Waals surface area contributed by atoms with Crippen molar-refractivity contribution in [3.05, 3.63) is 77.7 Å². The Morgan fingerprint density at radius 1 is 0.938 bits per heavy atom. The number of rotatable bonds is 3. The Balaban J connectivity index is 2.22. The fraction of sp³-hybridized carbons (Fsp3) is 0.0667. The molecule has 0 saturated carbocycles. The number of carbonyl (C=O) groups excluding carboxylic acids is 1. The second-order valence-electron chi connectivity index (χ2n) is 3.74. The van der Waals surface area contributed by atoms with Crippen molar-refractivity contribution in [1.29, 1.82) is 0 Å². The van der Waals surface area contributed by atoms with Crippen molar-refractivity contribution in [3.8, 4) is 0 Å². The second-order valence-corrected chi connectivity index (χ2v) is 3.74. The minimum Gasteiger partial charge on any atom is -0.295 e. The molecule has 0 unspecified atom stereocenters. The van der Waals surface area contributed by atoms with Crippen LogP contribution in [-0.2, 0) is 0 Å². The van der Waals surface area contributed by atoms with E-state index in [2.05, 4.69) is 6.42 Å². The molecule has 16 heavy (non-hydrogen) atoms. The summed E-state index contributed by atoms with van der Waals surface area (Å²) >= 11 is 0. The van der Waals surface area contributed by atoms with Crippen molar-refractivity contribution in [1.82, 2.24) is 0 Å². The summed E-state index contributed by atoms with van der Waals surface area (Å²) in [5, 5.41) is 0. The van der Waals surface area contributed by atoms with E-state index in [4.69, 9.17) is 0 Å². The van der Waals surface area contributed by atoms with Gasteiger partial charge >= 0.3 is 0 Å². The lowest BCUT2D eigenvalue weighted by atomic mass is 10.0. The molecule has 0 heterocycles. The maximum Gasteiger partial charge on any atom is 0.159 e. The number of hydrogen-bond acceptors (Lipinski definition) is 1. The van der Waals surface area contributed by atoms with Crippen molar-refractivity contribution in [2.24, 2.45) is 0 Å². The molecule has 1 nitrogen and oxygen atoms in total. The molecule has 0 aliphatic heterocycles. The first-order valence-electron chi connectivity index (χ1n) is 5.26. The van der Waals surface area contributed by atoms with Gasteiger partial charge in [-0.15, -0.1) is 0 Å². The fourth-order valence-corrected chi connectivity index (χ4v) is 1.59. The molecule has 79 valence electrons. The average Bonchev–Trinajstić information content (AvgIpc) is 2.30. The van der Waals surface area contributed by atoms with Crippen LogP contribution in [0.5, 0.6) is 0 Å². The lowest BCUT2D eigenvalue weighted by molar-refractivity contribution is 0.101. The average molecular weight is 209 g/mol. The SMILES string of the molecule is CC(=O)c1cccc([CH]c2ccccc2)c1. The highest BCUT2D eigenvalue weighted by Gasteiger charge is 2.01. The molecule has 1 radical (unpaired) electrons. The van der Waals surface area contributed by atoms with Gasteiger partial charge in [0.05, 0.1) is 0 Å². The Kier molecular flexibility index (Phi) is 3.16. The molecule has 0 bridgehead atoms. The van der Waals surface area contributed by atoms with Crippen molar-refractivity contribution in [2.75, 3.05) is 0 Å². The molecule has 2 aromatic carbocycles. The third-order valence-corrected chi connectivity index (χ3v) is 2.43. The highest BCUT2D eigenvalue weighted by molar-refractivity contribution is 5.94. The van der Waals surface area contributed by atoms with Gasteiger partial charge in [-0.2, -0.15) is 0 Å². The van der Waals surface area contributed by atoms with E-state index in [9.17, 15) is 4.79 Å². The summed E-state index contributed by atoms with van der Waals surface area (Å²) in [5.41, 5.74) is 2.95. The third-order valence-electron chi connectivity index (χ3n) is 2.43. The summed E-state index contributed by atoms with van der Waals surface area (Å²) in [5.74, 6) is 0.100. The highest BCUT2D eigenvalue weighted by atomic mass is 16.1. The van der Waals surface area contributed by atoms with E-state index in [1.54, 1.807) is 6.92 Å². The topological polar surface area (TPSA) is 17.1 Å². The molecule has 0 fully saturated rings. The molecule has 2 rings (SSSR count). The molecule has 0 N–H and O–H groups in total. The minimum atomic E-state index is 0.100. The molecule has 2 aromatic rings. The quantitative estimate of drug-likeness (QED) is 0.707. The number of carbonyl (C=O) groups is 1. The number of benzene rings is 2. The first-order chi connectivity index (χ1) is 7.75. The Bertz CT molecular complexity index is 486. The first kappa shape index (κ1) is 10.6. The monoisotopic (exact) mass is 209 g/mol. The Morgan fingerprint density at radius 3 is 2.31 bits per heavy atom. The zero-order chi connectivity index (χ0) is 11.4. The summed E-state index contributed by atoms with van der Waals surface area (Å²) < 4.78 is 0. The molecule has 0 aliphatic rings. The van der Waals surface area contributed by atoms with Gasteiger partial charge in [-0.25, -0.2) is 0 Å². The Hall–Kier alpha value is -1.89. The molecule has 0 saturated heterocycles. The van der Waals surface area contributed by atoms with Gasteiger partial charge in [0.2, 0.25) is 0 Å². The van der Waals surface area contributed by atoms with Gasteiger partial charge in [-0.05, 0) is 24.1 Å². The molecule has 0 atom stereocenters. The Labute approximate surface area is 95.7 Å². The first-order valence-corrected chi connectivity index (χ1v) is 5.26. The van der Waals surface area contributed by atoms with E-state index in [0.717, 1.165) is 16.7 Å². The van der Waals surface area contributed by atoms with Crippen molar-refractivity contribution in [2.45, 2.75) is 6.92 Å². The summed E-state index contributed by atoms with van der Waals surface area (Å²) in [6.07, 6.45) is 2.06. The summed E-state index contributed by atoms with van der Waals surface area (Å²) in [4.78, 5) is 11.2. The van der Waals surface area contributed by atoms with Crippen molar-refractivity contribution < 1.29 is 4.79 Å². The van der Waals surface area contributed by atoms with Gasteiger partial charge in [0.25, 0.3) is 0 Å². The molecule has 0 amide bonds. The fourth-order valence-electron chi connectivity index (χ4n) is 1.59. The smallest absolute Gasteiger partial charge is 0.159 e. The minimum absolute atomic E-state index is 0.100. The van der Waals surface area contributed by atoms with E-state index in [-0.39, 0.29) is 5.78 Å². The lowest BCUT2D eigenvalue weighted by Crippen LogP contribution is -1.93. The van der Waals surface area contributed by atoms with Crippen molar-refractivity contribution in [3.63, 3.8) is 0 Å². The third kappa shape index (κ3) is 2.57. The highest BCUT2D eigenvalue weighted by Crippen LogP contribution is 2.13. The summed E-state index contributed by atoms with van der Waals surface area (Å²) in [6, 6.07) is 17.7. The molecular weight excluding hydrogens is 196 g/mol. The van der Waals surface area contributed by atoms with E-state index in [1.165, 1.54) is 0 Å². The predicted octanol–water partition coefficient (Wildman–Crippen LogP) is 3.49. The van der Waals surface area contributed by atoms with E-state index < -0.39 is 0 Å². The van der Waals surface area contributed by atoms with Gasteiger partial charge in [0.1, 0.15) is 0 Å². The van der Waals surface area contributed by atoms with Crippen molar-refractivity contribution >= 4 is 5.78 Å². The van der Waals surface area contributed by atoms with Crippen LogP contribution in [-0.4, -0.2) is 5.78 Å². The van der Waals surface area contributed by atoms with Gasteiger partial charge in [-0.3, -0.25) is 4.79 Å². The van der Waals surface area contributed by atoms with Gasteiger partial charge in [0, 0.05) is 12.0 Å². The van der Waals surface area contributed by atoms with Crippen LogP contribution in [0.1, 0.15) is 28.4 Å². The van der Waals surface area contributed by atoms with Crippen LogP contribution < -0.4 is 0 Å². The van der Waals surface area contributed by atoms with Crippen LogP contribution in [0, 0.1) is 6.42 Å². The van der Waals surface area contributed by atoms with E-state index in [1.807, 2.05) is 54.6 Å². The zero-order valence-corrected chi connectivity index (χ0v) is 9.18. The normalized spacial score (nSPS) is 10.1. The zero-order valence-electron chi connectivity index (χ0n) is 9.18. The second kappa shape index (κ2) is 4.75. The number of hydrogen-bond donors (Lipinski definition) is 0. The number of Topliss-reactive ketones (excluding diaryl/α,β-unsaturated/α-hetero) is 1. The van der Waals surface area contributed by atoms with Gasteiger partial charge in [0.15, 0.2) is 5.78 Å². The van der Waals surface area contributed by atoms with Crippen LogP contribution in [0.15, 0.2) is 54.6 Å². The van der Waals surface area contributed by atoms with Gasteiger partial charge in [-0.1, -0.05) is 48.5 Å². The maximum atomic E-state index is 11.2. The molecular formula is C15H13O. The predicted molar refractivity (Wildman–Crippen MR) is 65.4 cm³/mol. The molecule has 0 aliphatic carbocycles. The van der Waals surface area contributed by atoms with Crippen LogP contribution in [0.2, 0.25) is 0 Å². The summed E-state index contributed by atoms with van der Waals surface area (Å²) in [6.45, 7) is 1.58. The van der Waals surface area contributed by atoms with Crippen LogP contribution in [0.4, 0.5) is 0 Å². The summed E-state index contributed by atoms with van der Waals surface area (Å²) in [7, 11) is 0. The van der Waals surface area contributed by atoms with Crippen LogP contribution in [0.25, 0.3) is 0 Å². The molecule has 0 aromatic heterocycles. The van der Waals surface area contributed by atoms with Crippen LogP contribution >= 0.6 is 0 Å². The van der Waals surface area contributed by atoms with E-state index in [0.29, 0.717) is 0 Å². The molecule has 0 spiro atoms. The molecule has 1 heteroatoms. The standard InChI is InChI=1S/C15H13O/c1-12(16)15-9-5-8-14(11-15)10-13-6-3-2-4-7-13/h2-11H,1H3.